The van der Waals surface area contributed by atoms with Crippen LogP contribution in [0.4, 0.5) is 10.1 Å². The van der Waals surface area contributed by atoms with E-state index in [0.29, 0.717) is 45.7 Å². The number of H-pyrrole nitrogens is 1. The number of rotatable bonds is 11. The number of carbonyl (C=O) groups excluding carboxylic acids is 3. The first-order valence-electron chi connectivity index (χ1n) is 13.4. The minimum Gasteiger partial charge on any atom is -0.550 e. The van der Waals surface area contributed by atoms with Crippen LogP contribution in [0.15, 0.2) is 18.2 Å². The number of aliphatic hydroxyl groups is 1. The summed E-state index contributed by atoms with van der Waals surface area (Å²) in [6, 6.07) is 4.20. The van der Waals surface area contributed by atoms with E-state index < -0.39 is 17.9 Å². The van der Waals surface area contributed by atoms with E-state index in [1.165, 1.54) is 12.1 Å². The molecule has 0 saturated carbocycles. The molecule has 1 aliphatic rings. The Hall–Kier alpha value is -3.54. The Morgan fingerprint density at radius 1 is 1.20 bits per heavy atom. The molecule has 3 rings (SSSR count). The van der Waals surface area contributed by atoms with Crippen LogP contribution in [0.1, 0.15) is 53.1 Å². The van der Waals surface area contributed by atoms with Gasteiger partial charge in [0.2, 0.25) is 0 Å². The summed E-state index contributed by atoms with van der Waals surface area (Å²) in [5, 5.41) is 24.8. The van der Waals surface area contributed by atoms with Crippen LogP contribution in [0.5, 0.6) is 0 Å². The second-order valence-corrected chi connectivity index (χ2v) is 10.9. The minimum absolute atomic E-state index is 0.143. The SMILES string of the molecule is CCN(CC)CCNC(=O)c1c(C)[nH]c(/C=C2\C(=O)Nc3ccc(F)cc32)c1C.C[N+](C)(C)C[C@H](O)CC(=O)[O-]. The molecule has 1 atom stereocenters. The van der Waals surface area contributed by atoms with E-state index in [9.17, 15) is 23.9 Å². The van der Waals surface area contributed by atoms with Crippen molar-refractivity contribution in [3.8, 4) is 0 Å². The van der Waals surface area contributed by atoms with Gasteiger partial charge in [-0.2, -0.15) is 0 Å². The number of hydrogen-bond acceptors (Lipinski definition) is 6. The van der Waals surface area contributed by atoms with Crippen LogP contribution in [0.3, 0.4) is 0 Å². The summed E-state index contributed by atoms with van der Waals surface area (Å²) in [7, 11) is 5.66. The van der Waals surface area contributed by atoms with E-state index in [1.54, 1.807) is 12.1 Å². The summed E-state index contributed by atoms with van der Waals surface area (Å²) in [5.74, 6) is -2.04. The van der Waals surface area contributed by atoms with Crippen LogP contribution in [0, 0.1) is 19.7 Å². The molecular formula is C29H42FN5O5. The monoisotopic (exact) mass is 559 g/mol. The van der Waals surface area contributed by atoms with Gasteiger partial charge in [-0.25, -0.2) is 4.39 Å². The number of amides is 2. The fourth-order valence-electron chi connectivity index (χ4n) is 4.55. The van der Waals surface area contributed by atoms with Crippen molar-refractivity contribution in [1.29, 1.82) is 0 Å². The molecule has 1 aromatic heterocycles. The molecule has 11 heteroatoms. The Balaban J connectivity index is 0.000000432. The van der Waals surface area contributed by atoms with Crippen LogP contribution in [-0.2, 0) is 9.59 Å². The molecule has 0 unspecified atom stereocenters. The van der Waals surface area contributed by atoms with Crippen molar-refractivity contribution in [2.24, 2.45) is 0 Å². The Morgan fingerprint density at radius 2 is 1.85 bits per heavy atom. The number of carboxylic acid groups (broad SMARTS) is 1. The summed E-state index contributed by atoms with van der Waals surface area (Å²) in [6.07, 6.45) is 0.588. The molecule has 2 heterocycles. The van der Waals surface area contributed by atoms with E-state index >= 15 is 0 Å². The molecule has 0 saturated heterocycles. The first kappa shape index (κ1) is 32.7. The third kappa shape index (κ3) is 9.29. The fourth-order valence-corrected chi connectivity index (χ4v) is 4.55. The number of halogens is 1. The highest BCUT2D eigenvalue weighted by Crippen LogP contribution is 2.34. The van der Waals surface area contributed by atoms with Gasteiger partial charge in [0.15, 0.2) is 0 Å². The Bertz CT molecular complexity index is 1240. The predicted molar refractivity (Wildman–Crippen MR) is 152 cm³/mol. The number of hydrogen-bond donors (Lipinski definition) is 4. The molecule has 0 fully saturated rings. The van der Waals surface area contributed by atoms with E-state index in [2.05, 4.69) is 34.4 Å². The molecule has 0 spiro atoms. The molecule has 40 heavy (non-hydrogen) atoms. The number of benzene rings is 1. The lowest BCUT2D eigenvalue weighted by Crippen LogP contribution is -2.43. The highest BCUT2D eigenvalue weighted by atomic mass is 19.1. The summed E-state index contributed by atoms with van der Waals surface area (Å²) in [6.45, 7) is 11.5. The van der Waals surface area contributed by atoms with Gasteiger partial charge in [0.1, 0.15) is 18.5 Å². The normalized spacial score (nSPS) is 14.4. The maximum Gasteiger partial charge on any atom is 0.256 e. The maximum absolute atomic E-state index is 13.7. The second-order valence-electron chi connectivity index (χ2n) is 10.9. The number of carbonyl (C=O) groups is 3. The molecule has 4 N–H and O–H groups in total. The highest BCUT2D eigenvalue weighted by molar-refractivity contribution is 6.34. The van der Waals surface area contributed by atoms with Crippen molar-refractivity contribution < 1.29 is 33.5 Å². The molecule has 2 amide bonds. The number of likely N-dealkylation sites (N-methyl/N-ethyl adjacent to an activating group) is 2. The molecule has 1 aliphatic heterocycles. The fraction of sp³-hybridized carbons (Fsp3) is 0.483. The largest absolute Gasteiger partial charge is 0.550 e. The number of aryl methyl sites for hydroxylation is 1. The lowest BCUT2D eigenvalue weighted by molar-refractivity contribution is -0.873. The zero-order valence-electron chi connectivity index (χ0n) is 24.5. The zero-order valence-corrected chi connectivity index (χ0v) is 24.5. The van der Waals surface area contributed by atoms with Gasteiger partial charge in [-0.3, -0.25) is 9.59 Å². The van der Waals surface area contributed by atoms with E-state index in [-0.39, 0.29) is 18.2 Å². The van der Waals surface area contributed by atoms with Crippen molar-refractivity contribution >= 4 is 35.1 Å². The Labute approximate surface area is 235 Å². The van der Waals surface area contributed by atoms with Crippen molar-refractivity contribution in [2.75, 3.05) is 59.2 Å². The number of anilines is 1. The summed E-state index contributed by atoms with van der Waals surface area (Å²) in [4.78, 5) is 40.5. The van der Waals surface area contributed by atoms with Gasteiger partial charge in [0.25, 0.3) is 11.8 Å². The third-order valence-corrected chi connectivity index (χ3v) is 6.53. The number of aromatic amines is 1. The lowest BCUT2D eigenvalue weighted by Gasteiger charge is -2.26. The number of nitrogens with zero attached hydrogens (tertiary/aromatic N) is 2. The average molecular weight is 560 g/mol. The standard InChI is InChI=1S/C22H27FN4O2.C7H15NO3/c1-5-27(6-2)10-9-24-22(29)20-13(3)19(25-14(20)4)12-17-16-11-15(23)7-8-18(16)26-21(17)28;1-8(2,3)5-6(9)4-7(10)11/h7-8,11-12,25H,5-6,9-10H2,1-4H3,(H,24,29)(H,26,28);6,9H,4-5H2,1-3H3/b17-12-;/t;6-/m.1/s1. The molecule has 0 bridgehead atoms. The summed E-state index contributed by atoms with van der Waals surface area (Å²) in [5.41, 5.74) is 4.20. The summed E-state index contributed by atoms with van der Waals surface area (Å²) >= 11 is 0. The van der Waals surface area contributed by atoms with Crippen molar-refractivity contribution in [3.05, 3.63) is 52.1 Å². The number of aliphatic carboxylic acids is 1. The van der Waals surface area contributed by atoms with Crippen LogP contribution < -0.4 is 15.7 Å². The van der Waals surface area contributed by atoms with Gasteiger partial charge >= 0.3 is 0 Å². The lowest BCUT2D eigenvalue weighted by atomic mass is 10.0. The molecule has 0 aliphatic carbocycles. The first-order valence-corrected chi connectivity index (χ1v) is 13.4. The zero-order chi connectivity index (χ0) is 30.2. The number of fused-ring (bicyclic) bond motifs is 1. The number of aliphatic hydroxyl groups excluding tert-OH is 1. The van der Waals surface area contributed by atoms with Crippen molar-refractivity contribution in [1.82, 2.24) is 15.2 Å². The van der Waals surface area contributed by atoms with Crippen molar-refractivity contribution in [2.45, 2.75) is 40.2 Å². The molecule has 10 nitrogen and oxygen atoms in total. The van der Waals surface area contributed by atoms with Crippen molar-refractivity contribution in [3.63, 3.8) is 0 Å². The maximum atomic E-state index is 13.7. The smallest absolute Gasteiger partial charge is 0.256 e. The van der Waals surface area contributed by atoms with E-state index in [0.717, 1.165) is 30.9 Å². The topological polar surface area (TPSA) is 138 Å². The Morgan fingerprint density at radius 3 is 2.42 bits per heavy atom. The van der Waals surface area contributed by atoms with Crippen LogP contribution in [0.25, 0.3) is 11.6 Å². The molecule has 1 aromatic carbocycles. The molecular weight excluding hydrogens is 517 g/mol. The van der Waals surface area contributed by atoms with Gasteiger partial charge < -0.3 is 40.0 Å². The number of quaternary nitrogens is 1. The van der Waals surface area contributed by atoms with E-state index in [1.807, 2.05) is 35.0 Å². The van der Waals surface area contributed by atoms with Crippen LogP contribution in [-0.4, -0.2) is 97.2 Å². The first-order chi connectivity index (χ1) is 18.7. The molecule has 0 radical (unpaired) electrons. The highest BCUT2D eigenvalue weighted by Gasteiger charge is 2.26. The quantitative estimate of drug-likeness (QED) is 0.243. The number of aromatic nitrogens is 1. The van der Waals surface area contributed by atoms with E-state index in [4.69, 9.17) is 5.11 Å². The predicted octanol–water partition coefficient (Wildman–Crippen LogP) is 1.53. The van der Waals surface area contributed by atoms with Gasteiger partial charge in [-0.1, -0.05) is 13.8 Å². The number of nitrogens with one attached hydrogen (secondary N) is 3. The van der Waals surface area contributed by atoms with Gasteiger partial charge in [0, 0.05) is 48.1 Å². The van der Waals surface area contributed by atoms with Gasteiger partial charge in [0.05, 0.1) is 32.3 Å². The average Bonchev–Trinajstić information content (AvgIpc) is 3.29. The van der Waals surface area contributed by atoms with Crippen LogP contribution >= 0.6 is 0 Å². The third-order valence-electron chi connectivity index (χ3n) is 6.53. The van der Waals surface area contributed by atoms with Gasteiger partial charge in [-0.05, 0) is 56.8 Å². The molecule has 220 valence electrons. The second kappa shape index (κ2) is 14.2. The van der Waals surface area contributed by atoms with Gasteiger partial charge in [-0.15, -0.1) is 0 Å². The summed E-state index contributed by atoms with van der Waals surface area (Å²) < 4.78 is 14.2. The molecule has 2 aromatic rings. The number of carboxylic acids is 1. The minimum atomic E-state index is -1.20. The van der Waals surface area contributed by atoms with Crippen LogP contribution in [0.2, 0.25) is 0 Å². The Kier molecular flexibility index (Phi) is 11.6.